The molecule has 0 saturated carbocycles. The highest BCUT2D eigenvalue weighted by Gasteiger charge is 2.35. The van der Waals surface area contributed by atoms with Crippen LogP contribution in [0.2, 0.25) is 0 Å². The van der Waals surface area contributed by atoms with Crippen LogP contribution in [0.1, 0.15) is 19.3 Å². The van der Waals surface area contributed by atoms with Crippen LogP contribution in [0.5, 0.6) is 0 Å². The minimum Gasteiger partial charge on any atom is -0.345 e. The molecule has 9 nitrogen and oxygen atoms in total. The van der Waals surface area contributed by atoms with Gasteiger partial charge in [0.25, 0.3) is 5.56 Å². The molecule has 2 aromatic heterocycles. The third-order valence-electron chi connectivity index (χ3n) is 5.64. The van der Waals surface area contributed by atoms with Crippen molar-refractivity contribution >= 4 is 11.8 Å². The zero-order chi connectivity index (χ0) is 19.7. The molecule has 4 rings (SSSR count). The Kier molecular flexibility index (Phi) is 4.97. The number of rotatable bonds is 4. The molecular weight excluding hydrogens is 360 g/mol. The highest BCUT2D eigenvalue weighted by molar-refractivity contribution is 5.89. The third kappa shape index (κ3) is 3.69. The summed E-state index contributed by atoms with van der Waals surface area (Å²) in [6.07, 6.45) is 5.41. The van der Waals surface area contributed by atoms with Gasteiger partial charge in [0.05, 0.1) is 5.92 Å². The second kappa shape index (κ2) is 7.57. The Labute approximate surface area is 162 Å². The quantitative estimate of drug-likeness (QED) is 0.748. The van der Waals surface area contributed by atoms with Crippen LogP contribution in [0.3, 0.4) is 0 Å². The molecule has 1 unspecified atom stereocenters. The zero-order valence-corrected chi connectivity index (χ0v) is 15.9. The Bertz CT molecular complexity index is 914. The van der Waals surface area contributed by atoms with Gasteiger partial charge >= 0.3 is 0 Å². The van der Waals surface area contributed by atoms with Gasteiger partial charge in [-0.25, -0.2) is 9.36 Å². The van der Waals surface area contributed by atoms with Gasteiger partial charge in [-0.05, 0) is 30.9 Å². The fourth-order valence-electron chi connectivity index (χ4n) is 3.96. The van der Waals surface area contributed by atoms with Gasteiger partial charge in [0, 0.05) is 58.1 Å². The van der Waals surface area contributed by atoms with Gasteiger partial charge in [-0.3, -0.25) is 14.4 Å². The van der Waals surface area contributed by atoms with E-state index in [2.05, 4.69) is 10.2 Å². The largest absolute Gasteiger partial charge is 0.345 e. The first-order valence-electron chi connectivity index (χ1n) is 9.62. The second-order valence-electron chi connectivity index (χ2n) is 7.61. The molecule has 0 spiro atoms. The molecular formula is C19H24N6O3. The first-order chi connectivity index (χ1) is 13.5. The van der Waals surface area contributed by atoms with E-state index < -0.39 is 0 Å². The number of hydrogen-bond acceptors (Lipinski definition) is 5. The van der Waals surface area contributed by atoms with Gasteiger partial charge in [0.15, 0.2) is 5.82 Å². The lowest BCUT2D eigenvalue weighted by Crippen LogP contribution is -2.43. The molecule has 9 heteroatoms. The predicted octanol–water partition coefficient (Wildman–Crippen LogP) is 0.146. The third-order valence-corrected chi connectivity index (χ3v) is 5.64. The van der Waals surface area contributed by atoms with Crippen molar-refractivity contribution < 1.29 is 9.59 Å². The Morgan fingerprint density at radius 3 is 2.64 bits per heavy atom. The lowest BCUT2D eigenvalue weighted by molar-refractivity contribution is -0.137. The van der Waals surface area contributed by atoms with E-state index in [1.54, 1.807) is 41.2 Å². The number of amides is 2. The minimum atomic E-state index is -0.218. The molecule has 0 aromatic carbocycles. The Morgan fingerprint density at radius 2 is 2.00 bits per heavy atom. The summed E-state index contributed by atoms with van der Waals surface area (Å²) in [6, 6.07) is 4.98. The fourth-order valence-corrected chi connectivity index (χ4v) is 3.96. The molecule has 1 atom stereocenters. The lowest BCUT2D eigenvalue weighted by atomic mass is 9.95. The first kappa shape index (κ1) is 18.4. The number of nitrogens with zero attached hydrogens (tertiary/aromatic N) is 6. The van der Waals surface area contributed by atoms with Crippen LogP contribution in [0.25, 0.3) is 5.82 Å². The molecule has 4 heterocycles. The number of carbonyl (C=O) groups excluding carboxylic acids is 2. The SMILES string of the molecule is CN1CC(C(=O)N2CCC(Cn3nc(-n4cccn4)ccc3=O)CC2)CC1=O. The summed E-state index contributed by atoms with van der Waals surface area (Å²) < 4.78 is 3.11. The highest BCUT2D eigenvalue weighted by Crippen LogP contribution is 2.24. The van der Waals surface area contributed by atoms with Gasteiger partial charge in [-0.1, -0.05) is 0 Å². The van der Waals surface area contributed by atoms with Crippen LogP contribution in [0, 0.1) is 11.8 Å². The van der Waals surface area contributed by atoms with E-state index >= 15 is 0 Å². The Morgan fingerprint density at radius 1 is 1.21 bits per heavy atom. The standard InChI is InChI=1S/C19H24N6O3/c1-22-13-15(11-18(22)27)19(28)23-9-5-14(6-10-23)12-25-17(26)4-3-16(21-25)24-8-2-7-20-24/h2-4,7-8,14-15H,5-6,9-13H2,1H3. The summed E-state index contributed by atoms with van der Waals surface area (Å²) in [5.74, 6) is 0.786. The number of aromatic nitrogens is 4. The van der Waals surface area contributed by atoms with E-state index in [0.29, 0.717) is 38.4 Å². The number of piperidine rings is 1. The second-order valence-corrected chi connectivity index (χ2v) is 7.61. The van der Waals surface area contributed by atoms with Gasteiger partial charge in [-0.2, -0.15) is 5.10 Å². The smallest absolute Gasteiger partial charge is 0.266 e. The van der Waals surface area contributed by atoms with Crippen LogP contribution in [0.4, 0.5) is 0 Å². The van der Waals surface area contributed by atoms with Crippen molar-refractivity contribution in [1.82, 2.24) is 29.4 Å². The Hall–Kier alpha value is -2.97. The van der Waals surface area contributed by atoms with Crippen molar-refractivity contribution in [2.24, 2.45) is 11.8 Å². The number of likely N-dealkylation sites (tertiary alicyclic amines) is 2. The van der Waals surface area contributed by atoms with Crippen molar-refractivity contribution in [3.63, 3.8) is 0 Å². The first-order valence-corrected chi connectivity index (χ1v) is 9.62. The lowest BCUT2D eigenvalue weighted by Gasteiger charge is -2.33. The zero-order valence-electron chi connectivity index (χ0n) is 15.9. The molecule has 2 aliphatic heterocycles. The maximum absolute atomic E-state index is 12.7. The van der Waals surface area contributed by atoms with Crippen LogP contribution >= 0.6 is 0 Å². The maximum Gasteiger partial charge on any atom is 0.266 e. The minimum absolute atomic E-state index is 0.0377. The normalized spacial score (nSPS) is 20.8. The molecule has 2 aliphatic rings. The van der Waals surface area contributed by atoms with E-state index in [0.717, 1.165) is 12.8 Å². The van der Waals surface area contributed by atoms with Gasteiger partial charge in [0.2, 0.25) is 11.8 Å². The fraction of sp³-hybridized carbons (Fsp3) is 0.526. The molecule has 148 valence electrons. The molecule has 0 aliphatic carbocycles. The molecule has 2 fully saturated rings. The number of hydrogen-bond donors (Lipinski definition) is 0. The molecule has 2 aromatic rings. The van der Waals surface area contributed by atoms with Crippen molar-refractivity contribution in [2.45, 2.75) is 25.8 Å². The predicted molar refractivity (Wildman–Crippen MR) is 101 cm³/mol. The average Bonchev–Trinajstić information content (AvgIpc) is 3.34. The van der Waals surface area contributed by atoms with Crippen molar-refractivity contribution in [1.29, 1.82) is 0 Å². The summed E-state index contributed by atoms with van der Waals surface area (Å²) in [6.45, 7) is 2.36. The van der Waals surface area contributed by atoms with Crippen LogP contribution in [-0.2, 0) is 16.1 Å². The topological polar surface area (TPSA) is 93.3 Å². The summed E-state index contributed by atoms with van der Waals surface area (Å²) in [4.78, 5) is 40.0. The van der Waals surface area contributed by atoms with E-state index in [1.165, 1.54) is 10.7 Å². The van der Waals surface area contributed by atoms with Crippen molar-refractivity contribution in [3.8, 4) is 5.82 Å². The van der Waals surface area contributed by atoms with E-state index in [-0.39, 0.29) is 29.2 Å². The van der Waals surface area contributed by atoms with Crippen LogP contribution in [-0.4, -0.2) is 67.9 Å². The van der Waals surface area contributed by atoms with Crippen molar-refractivity contribution in [2.75, 3.05) is 26.7 Å². The number of carbonyl (C=O) groups is 2. The van der Waals surface area contributed by atoms with Crippen LogP contribution < -0.4 is 5.56 Å². The molecule has 28 heavy (non-hydrogen) atoms. The molecule has 0 radical (unpaired) electrons. The molecule has 2 saturated heterocycles. The van der Waals surface area contributed by atoms with E-state index in [9.17, 15) is 14.4 Å². The molecule has 0 N–H and O–H groups in total. The van der Waals surface area contributed by atoms with Gasteiger partial charge in [-0.15, -0.1) is 5.10 Å². The van der Waals surface area contributed by atoms with Gasteiger partial charge in [0.1, 0.15) is 0 Å². The summed E-state index contributed by atoms with van der Waals surface area (Å²) in [7, 11) is 1.74. The highest BCUT2D eigenvalue weighted by atomic mass is 16.2. The average molecular weight is 384 g/mol. The summed E-state index contributed by atoms with van der Waals surface area (Å²) >= 11 is 0. The molecule has 0 bridgehead atoms. The van der Waals surface area contributed by atoms with E-state index in [4.69, 9.17) is 0 Å². The maximum atomic E-state index is 12.7. The monoisotopic (exact) mass is 384 g/mol. The molecule has 2 amide bonds. The summed E-state index contributed by atoms with van der Waals surface area (Å²) in [5, 5.41) is 8.57. The summed E-state index contributed by atoms with van der Waals surface area (Å²) in [5.41, 5.74) is -0.137. The van der Waals surface area contributed by atoms with Gasteiger partial charge < -0.3 is 9.80 Å². The van der Waals surface area contributed by atoms with Crippen LogP contribution in [0.15, 0.2) is 35.4 Å². The van der Waals surface area contributed by atoms with E-state index in [1.807, 2.05) is 4.90 Å². The Balaban J connectivity index is 1.36. The van der Waals surface area contributed by atoms with Crippen molar-refractivity contribution in [3.05, 3.63) is 40.9 Å².